The monoisotopic (exact) mass is 337 g/mol. The molecule has 0 saturated carbocycles. The van der Waals surface area contributed by atoms with Crippen molar-refractivity contribution >= 4 is 5.78 Å². The second kappa shape index (κ2) is 6.72. The number of rotatable bonds is 4. The van der Waals surface area contributed by atoms with Crippen LogP contribution in [0, 0.1) is 18.7 Å². The molecule has 0 aromatic heterocycles. The van der Waals surface area contributed by atoms with Crippen molar-refractivity contribution in [3.8, 4) is 0 Å². The number of hydrogen-bond acceptors (Lipinski definition) is 2. The number of fused-ring (bicyclic) bond motifs is 2. The van der Waals surface area contributed by atoms with E-state index in [0.717, 1.165) is 37.8 Å². The molecule has 0 amide bonds. The Morgan fingerprint density at radius 3 is 2.36 bits per heavy atom. The Morgan fingerprint density at radius 1 is 1.04 bits per heavy atom. The third-order valence-corrected chi connectivity index (χ3v) is 5.93. The van der Waals surface area contributed by atoms with Gasteiger partial charge in [0.25, 0.3) is 0 Å². The zero-order valence-corrected chi connectivity index (χ0v) is 14.6. The molecule has 0 aliphatic carbocycles. The molecule has 25 heavy (non-hydrogen) atoms. The summed E-state index contributed by atoms with van der Waals surface area (Å²) in [4.78, 5) is 15.5. The van der Waals surface area contributed by atoms with E-state index in [2.05, 4.69) is 29.2 Å². The van der Waals surface area contributed by atoms with E-state index in [-0.39, 0.29) is 17.5 Å². The number of carbonyl (C=O) groups is 1. The molecule has 2 aliphatic rings. The van der Waals surface area contributed by atoms with Gasteiger partial charge in [-0.25, -0.2) is 4.39 Å². The maximum atomic E-state index is 14.2. The zero-order valence-electron chi connectivity index (χ0n) is 14.6. The van der Waals surface area contributed by atoms with Crippen LogP contribution < -0.4 is 0 Å². The third-order valence-electron chi connectivity index (χ3n) is 5.93. The first-order valence-electron chi connectivity index (χ1n) is 9.22. The summed E-state index contributed by atoms with van der Waals surface area (Å²) >= 11 is 0. The fraction of sp³-hybridized carbons (Fsp3) is 0.409. The van der Waals surface area contributed by atoms with Crippen molar-refractivity contribution in [2.75, 3.05) is 0 Å². The number of nitrogens with zero attached hydrogens (tertiary/aromatic N) is 1. The van der Waals surface area contributed by atoms with Gasteiger partial charge in [-0.2, -0.15) is 0 Å². The van der Waals surface area contributed by atoms with E-state index in [0.29, 0.717) is 17.6 Å². The van der Waals surface area contributed by atoms with Crippen LogP contribution in [0.4, 0.5) is 4.39 Å². The van der Waals surface area contributed by atoms with Crippen molar-refractivity contribution in [3.63, 3.8) is 0 Å². The number of benzene rings is 2. The van der Waals surface area contributed by atoms with Crippen LogP contribution in [-0.2, 0) is 6.54 Å². The summed E-state index contributed by atoms with van der Waals surface area (Å²) in [5.74, 6) is -0.406. The quantitative estimate of drug-likeness (QED) is 0.750. The minimum absolute atomic E-state index is 0.00635. The minimum atomic E-state index is -0.371. The van der Waals surface area contributed by atoms with Crippen molar-refractivity contribution in [2.24, 2.45) is 5.92 Å². The van der Waals surface area contributed by atoms with Crippen molar-refractivity contribution in [1.29, 1.82) is 0 Å². The van der Waals surface area contributed by atoms with Crippen LogP contribution in [0.5, 0.6) is 0 Å². The van der Waals surface area contributed by atoms with Gasteiger partial charge in [0.2, 0.25) is 0 Å². The number of ketones is 1. The Balaban J connectivity index is 1.51. The first-order chi connectivity index (χ1) is 12.1. The lowest BCUT2D eigenvalue weighted by Crippen LogP contribution is -2.44. The summed E-state index contributed by atoms with van der Waals surface area (Å²) < 4.78 is 14.2. The van der Waals surface area contributed by atoms with Crippen LogP contribution in [0.15, 0.2) is 48.5 Å². The highest BCUT2D eigenvalue weighted by Gasteiger charge is 2.43. The van der Waals surface area contributed by atoms with Crippen molar-refractivity contribution in [2.45, 2.75) is 51.2 Å². The number of aryl methyl sites for hydroxylation is 1. The van der Waals surface area contributed by atoms with Crippen LogP contribution in [0.1, 0.15) is 47.2 Å². The molecule has 2 atom stereocenters. The lowest BCUT2D eigenvalue weighted by molar-refractivity contribution is 0.0674. The topological polar surface area (TPSA) is 20.3 Å². The van der Waals surface area contributed by atoms with E-state index in [1.807, 2.05) is 19.1 Å². The average Bonchev–Trinajstić information content (AvgIpc) is 2.84. The first kappa shape index (κ1) is 16.5. The van der Waals surface area contributed by atoms with E-state index < -0.39 is 0 Å². The van der Waals surface area contributed by atoms with Gasteiger partial charge in [0.05, 0.1) is 5.56 Å². The van der Waals surface area contributed by atoms with Gasteiger partial charge < -0.3 is 0 Å². The second-order valence-corrected chi connectivity index (χ2v) is 7.51. The molecule has 2 aromatic carbocycles. The summed E-state index contributed by atoms with van der Waals surface area (Å²) in [5, 5.41) is 0. The van der Waals surface area contributed by atoms with Crippen molar-refractivity contribution in [3.05, 3.63) is 71.0 Å². The molecule has 2 nitrogen and oxygen atoms in total. The number of hydrogen-bond donors (Lipinski definition) is 0. The van der Waals surface area contributed by atoms with Gasteiger partial charge in [0.15, 0.2) is 5.78 Å². The Labute approximate surface area is 148 Å². The molecule has 2 heterocycles. The highest BCUT2D eigenvalue weighted by molar-refractivity contribution is 5.99. The molecule has 2 bridgehead atoms. The number of carbonyl (C=O) groups excluding carboxylic acids is 1. The molecule has 2 saturated heterocycles. The Bertz CT molecular complexity index is 739. The fourth-order valence-electron chi connectivity index (χ4n) is 4.69. The van der Waals surface area contributed by atoms with E-state index in [9.17, 15) is 9.18 Å². The molecule has 2 unspecified atom stereocenters. The van der Waals surface area contributed by atoms with Crippen LogP contribution in [0.2, 0.25) is 0 Å². The fourth-order valence-corrected chi connectivity index (χ4v) is 4.69. The van der Waals surface area contributed by atoms with Gasteiger partial charge in [-0.1, -0.05) is 42.5 Å². The van der Waals surface area contributed by atoms with E-state index in [1.54, 1.807) is 6.07 Å². The predicted octanol–water partition coefficient (Wildman–Crippen LogP) is 4.76. The smallest absolute Gasteiger partial charge is 0.169 e. The predicted molar refractivity (Wildman–Crippen MR) is 97.0 cm³/mol. The molecule has 3 heteroatoms. The third kappa shape index (κ3) is 3.13. The van der Waals surface area contributed by atoms with Crippen molar-refractivity contribution < 1.29 is 9.18 Å². The molecular weight excluding hydrogens is 313 g/mol. The summed E-state index contributed by atoms with van der Waals surface area (Å²) in [5.41, 5.74) is 2.39. The first-order valence-corrected chi connectivity index (χ1v) is 9.22. The highest BCUT2D eigenvalue weighted by Crippen LogP contribution is 2.41. The molecule has 0 N–H and O–H groups in total. The minimum Gasteiger partial charge on any atom is -0.294 e. The second-order valence-electron chi connectivity index (χ2n) is 7.51. The molecular formula is C22H24FNO. The highest BCUT2D eigenvalue weighted by atomic mass is 19.1. The molecule has 2 aliphatic heterocycles. The van der Waals surface area contributed by atoms with Crippen LogP contribution in [-0.4, -0.2) is 22.8 Å². The summed E-state index contributed by atoms with van der Waals surface area (Å²) in [6.45, 7) is 2.78. The van der Waals surface area contributed by atoms with Crippen molar-refractivity contribution in [1.82, 2.24) is 4.90 Å². The van der Waals surface area contributed by atoms with Gasteiger partial charge in [-0.3, -0.25) is 9.69 Å². The summed E-state index contributed by atoms with van der Waals surface area (Å²) in [7, 11) is 0. The van der Waals surface area contributed by atoms with Gasteiger partial charge in [0.1, 0.15) is 5.82 Å². The number of piperidine rings is 1. The van der Waals surface area contributed by atoms with Gasteiger partial charge in [-0.05, 0) is 49.8 Å². The molecule has 0 radical (unpaired) electrons. The van der Waals surface area contributed by atoms with Gasteiger partial charge in [0, 0.05) is 24.5 Å². The lowest BCUT2D eigenvalue weighted by Gasteiger charge is -2.38. The van der Waals surface area contributed by atoms with E-state index >= 15 is 0 Å². The van der Waals surface area contributed by atoms with Gasteiger partial charge >= 0.3 is 0 Å². The van der Waals surface area contributed by atoms with Crippen LogP contribution in [0.3, 0.4) is 0 Å². The van der Waals surface area contributed by atoms with Gasteiger partial charge in [-0.15, -0.1) is 0 Å². The van der Waals surface area contributed by atoms with Crippen LogP contribution in [0.25, 0.3) is 0 Å². The maximum absolute atomic E-state index is 14.2. The van der Waals surface area contributed by atoms with E-state index in [4.69, 9.17) is 0 Å². The number of Topliss-reactive ketones (excluding diaryl/α,β-unsaturated/α-hetero) is 1. The normalized spacial score (nSPS) is 25.9. The SMILES string of the molecule is Cc1cccc(F)c1C(=O)C1CC2CCC(C1)N2Cc1ccccc1. The molecule has 2 aromatic rings. The average molecular weight is 337 g/mol. The van der Waals surface area contributed by atoms with E-state index in [1.165, 1.54) is 11.6 Å². The summed E-state index contributed by atoms with van der Waals surface area (Å²) in [6.07, 6.45) is 4.01. The lowest BCUT2D eigenvalue weighted by atomic mass is 9.83. The standard InChI is InChI=1S/C22H24FNO/c1-15-6-5-9-20(23)21(15)22(25)17-12-18-10-11-19(13-17)24(18)14-16-7-3-2-4-8-16/h2-9,17-19H,10-14H2,1H3. The Hall–Kier alpha value is -2.00. The Morgan fingerprint density at radius 2 is 1.72 bits per heavy atom. The number of halogens is 1. The molecule has 130 valence electrons. The zero-order chi connectivity index (χ0) is 17.4. The maximum Gasteiger partial charge on any atom is 0.169 e. The van der Waals surface area contributed by atoms with Crippen LogP contribution >= 0.6 is 0 Å². The summed E-state index contributed by atoms with van der Waals surface area (Å²) in [6, 6.07) is 16.3. The largest absolute Gasteiger partial charge is 0.294 e. The molecule has 4 rings (SSSR count). The Kier molecular flexibility index (Phi) is 4.43. The molecule has 0 spiro atoms. The molecule has 2 fully saturated rings.